The number of nitrogen functional groups attached to an aromatic ring is 1. The fourth-order valence-electron chi connectivity index (χ4n) is 3.43. The molecule has 2 atom stereocenters. The van der Waals surface area contributed by atoms with Gasteiger partial charge in [0, 0.05) is 31.1 Å². The van der Waals surface area contributed by atoms with Gasteiger partial charge < -0.3 is 15.6 Å². The van der Waals surface area contributed by atoms with Crippen molar-refractivity contribution in [2.75, 3.05) is 23.4 Å². The second kappa shape index (κ2) is 5.85. The summed E-state index contributed by atoms with van der Waals surface area (Å²) in [5.41, 5.74) is 3.71. The summed E-state index contributed by atoms with van der Waals surface area (Å²) < 4.78 is 0. The van der Waals surface area contributed by atoms with Gasteiger partial charge in [-0.1, -0.05) is 6.92 Å². The zero-order valence-corrected chi connectivity index (χ0v) is 12.3. The molecule has 0 saturated carbocycles. The largest absolute Gasteiger partial charge is 0.356 e. The summed E-state index contributed by atoms with van der Waals surface area (Å²) in [7, 11) is 0. The predicted octanol–water partition coefficient (Wildman–Crippen LogP) is 0.429. The van der Waals surface area contributed by atoms with Crippen molar-refractivity contribution in [1.82, 2.24) is 15.3 Å². The number of nitrogens with two attached hydrogens (primary N) is 1. The number of amides is 1. The van der Waals surface area contributed by atoms with Gasteiger partial charge >= 0.3 is 0 Å². The Morgan fingerprint density at radius 2 is 2.33 bits per heavy atom. The molecule has 0 radical (unpaired) electrons. The van der Waals surface area contributed by atoms with E-state index in [1.54, 1.807) is 6.33 Å². The molecule has 7 nitrogen and oxygen atoms in total. The lowest BCUT2D eigenvalue weighted by molar-refractivity contribution is -0.124. The number of fused-ring (bicyclic) bond motifs is 1. The number of hydrogen-bond donors (Lipinski definition) is 3. The molecule has 3 heterocycles. The van der Waals surface area contributed by atoms with Crippen molar-refractivity contribution < 1.29 is 4.79 Å². The van der Waals surface area contributed by atoms with Gasteiger partial charge in [0.25, 0.3) is 0 Å². The molecule has 4 N–H and O–H groups in total. The molecular formula is C14H22N6O. The number of aromatic nitrogens is 2. The maximum Gasteiger partial charge on any atom is 0.220 e. The van der Waals surface area contributed by atoms with Crippen LogP contribution >= 0.6 is 0 Å². The first-order valence-electron chi connectivity index (χ1n) is 7.57. The van der Waals surface area contributed by atoms with Gasteiger partial charge in [0.1, 0.15) is 18.0 Å². The van der Waals surface area contributed by atoms with E-state index in [4.69, 9.17) is 5.84 Å². The minimum absolute atomic E-state index is 0.190. The highest BCUT2D eigenvalue weighted by molar-refractivity contribution is 5.77. The molecule has 2 saturated heterocycles. The number of piperidine rings is 2. The highest BCUT2D eigenvalue weighted by atomic mass is 16.1. The van der Waals surface area contributed by atoms with Crippen LogP contribution in [0.15, 0.2) is 6.33 Å². The Hall–Kier alpha value is -1.89. The van der Waals surface area contributed by atoms with Crippen LogP contribution in [0.1, 0.15) is 31.7 Å². The second-order valence-corrected chi connectivity index (χ2v) is 5.73. The SMILES string of the molecule is CCc1c(NN)ncnc1N1CCC2NC(=O)CCC2C1. The fraction of sp³-hybridized carbons (Fsp3) is 0.643. The molecule has 1 amide bonds. The number of carbonyl (C=O) groups is 1. The molecule has 7 heteroatoms. The van der Waals surface area contributed by atoms with Crippen molar-refractivity contribution in [3.8, 4) is 0 Å². The highest BCUT2D eigenvalue weighted by Gasteiger charge is 2.34. The number of nitrogens with one attached hydrogen (secondary N) is 2. The van der Waals surface area contributed by atoms with Crippen LogP contribution in [-0.4, -0.2) is 35.0 Å². The van der Waals surface area contributed by atoms with E-state index in [1.165, 1.54) is 0 Å². The Kier molecular flexibility index (Phi) is 3.92. The zero-order valence-electron chi connectivity index (χ0n) is 12.3. The molecule has 1 aromatic heterocycles. The first kappa shape index (κ1) is 14.1. The molecule has 1 aromatic rings. The smallest absolute Gasteiger partial charge is 0.220 e. The van der Waals surface area contributed by atoms with E-state index >= 15 is 0 Å². The van der Waals surface area contributed by atoms with Gasteiger partial charge in [0.05, 0.1) is 0 Å². The lowest BCUT2D eigenvalue weighted by Gasteiger charge is -2.42. The van der Waals surface area contributed by atoms with Crippen LogP contribution in [0.3, 0.4) is 0 Å². The van der Waals surface area contributed by atoms with Gasteiger partial charge in [-0.25, -0.2) is 15.8 Å². The third-order valence-corrected chi connectivity index (χ3v) is 4.53. The van der Waals surface area contributed by atoms with E-state index in [0.717, 1.165) is 43.7 Å². The van der Waals surface area contributed by atoms with Crippen molar-refractivity contribution in [1.29, 1.82) is 0 Å². The molecule has 0 bridgehead atoms. The molecule has 21 heavy (non-hydrogen) atoms. The van der Waals surface area contributed by atoms with Crippen LogP contribution in [0.4, 0.5) is 11.6 Å². The zero-order chi connectivity index (χ0) is 14.8. The molecule has 2 fully saturated rings. The third kappa shape index (κ3) is 2.65. The number of rotatable bonds is 3. The average molecular weight is 290 g/mol. The number of hydrazine groups is 1. The summed E-state index contributed by atoms with van der Waals surface area (Å²) >= 11 is 0. The summed E-state index contributed by atoms with van der Waals surface area (Å²) in [6.45, 7) is 3.91. The monoisotopic (exact) mass is 290 g/mol. The lowest BCUT2D eigenvalue weighted by atomic mass is 9.85. The van der Waals surface area contributed by atoms with Gasteiger partial charge in [0.15, 0.2) is 0 Å². The normalized spacial score (nSPS) is 25.2. The van der Waals surface area contributed by atoms with Crippen LogP contribution in [0, 0.1) is 5.92 Å². The molecule has 114 valence electrons. The lowest BCUT2D eigenvalue weighted by Crippen LogP contribution is -2.54. The summed E-state index contributed by atoms with van der Waals surface area (Å²) in [5.74, 6) is 7.90. The van der Waals surface area contributed by atoms with Crippen LogP contribution in [0.2, 0.25) is 0 Å². The topological polar surface area (TPSA) is 96.2 Å². The summed E-state index contributed by atoms with van der Waals surface area (Å²) in [6, 6.07) is 0.321. The van der Waals surface area contributed by atoms with Crippen LogP contribution < -0.4 is 21.5 Å². The molecule has 2 aliphatic rings. The van der Waals surface area contributed by atoms with E-state index in [-0.39, 0.29) is 5.91 Å². The van der Waals surface area contributed by atoms with Crippen LogP contribution in [0.5, 0.6) is 0 Å². The average Bonchev–Trinajstić information content (AvgIpc) is 2.53. The Bertz CT molecular complexity index is 534. The molecule has 0 aromatic carbocycles. The van der Waals surface area contributed by atoms with Gasteiger partial charge in [-0.15, -0.1) is 0 Å². The maximum absolute atomic E-state index is 11.5. The number of anilines is 2. The predicted molar refractivity (Wildman–Crippen MR) is 80.7 cm³/mol. The van der Waals surface area contributed by atoms with Crippen molar-refractivity contribution in [2.24, 2.45) is 11.8 Å². The minimum atomic E-state index is 0.190. The molecular weight excluding hydrogens is 268 g/mol. The summed E-state index contributed by atoms with van der Waals surface area (Å²) in [4.78, 5) is 22.4. The number of carbonyl (C=O) groups excluding carboxylic acids is 1. The van der Waals surface area contributed by atoms with Gasteiger partial charge in [-0.05, 0) is 25.2 Å². The van der Waals surface area contributed by atoms with Gasteiger partial charge in [-0.2, -0.15) is 0 Å². The maximum atomic E-state index is 11.5. The molecule has 2 unspecified atom stereocenters. The van der Waals surface area contributed by atoms with Crippen LogP contribution in [-0.2, 0) is 11.2 Å². The quantitative estimate of drug-likeness (QED) is 0.552. The minimum Gasteiger partial charge on any atom is -0.356 e. The van der Waals surface area contributed by atoms with E-state index in [0.29, 0.717) is 24.2 Å². The van der Waals surface area contributed by atoms with Gasteiger partial charge in [0.2, 0.25) is 5.91 Å². The van der Waals surface area contributed by atoms with E-state index in [2.05, 4.69) is 32.5 Å². The van der Waals surface area contributed by atoms with E-state index < -0.39 is 0 Å². The number of hydrogen-bond acceptors (Lipinski definition) is 6. The summed E-state index contributed by atoms with van der Waals surface area (Å²) in [5, 5.41) is 3.11. The van der Waals surface area contributed by atoms with E-state index in [1.807, 2.05) is 0 Å². The standard InChI is InChI=1S/C14H22N6O/c1-2-10-13(19-15)16-8-17-14(10)20-6-5-11-9(7-20)3-4-12(21)18-11/h8-9,11H,2-7,15H2,1H3,(H,18,21)(H,16,17,19). The Balaban J connectivity index is 1.81. The van der Waals surface area contributed by atoms with Crippen molar-refractivity contribution in [3.63, 3.8) is 0 Å². The van der Waals surface area contributed by atoms with Crippen LogP contribution in [0.25, 0.3) is 0 Å². The highest BCUT2D eigenvalue weighted by Crippen LogP contribution is 2.31. The van der Waals surface area contributed by atoms with Crippen molar-refractivity contribution in [2.45, 2.75) is 38.6 Å². The number of nitrogens with zero attached hydrogens (tertiary/aromatic N) is 3. The Labute approximate surface area is 124 Å². The molecule has 0 aliphatic carbocycles. The Morgan fingerprint density at radius 1 is 1.48 bits per heavy atom. The molecule has 2 aliphatic heterocycles. The van der Waals surface area contributed by atoms with Gasteiger partial charge in [-0.3, -0.25) is 4.79 Å². The molecule has 0 spiro atoms. The van der Waals surface area contributed by atoms with Crippen molar-refractivity contribution in [3.05, 3.63) is 11.9 Å². The second-order valence-electron chi connectivity index (χ2n) is 5.73. The Morgan fingerprint density at radius 3 is 3.10 bits per heavy atom. The van der Waals surface area contributed by atoms with E-state index in [9.17, 15) is 4.79 Å². The molecule has 3 rings (SSSR count). The first-order chi connectivity index (χ1) is 10.2. The first-order valence-corrected chi connectivity index (χ1v) is 7.57. The fourth-order valence-corrected chi connectivity index (χ4v) is 3.43. The van der Waals surface area contributed by atoms with Crippen molar-refractivity contribution >= 4 is 17.5 Å². The third-order valence-electron chi connectivity index (χ3n) is 4.53. The summed E-state index contributed by atoms with van der Waals surface area (Å²) in [6.07, 6.45) is 4.95.